The predicted molar refractivity (Wildman–Crippen MR) is 32.3 cm³/mol. The molecule has 1 heteroatoms. The fraction of sp³-hybridized carbons (Fsp3) is 0. The highest BCUT2D eigenvalue weighted by atomic mass is 14.2. The SMILES string of the molecule is N#Cc1ccccc1.[H+]. The van der Waals surface area contributed by atoms with E-state index in [1.54, 1.807) is 12.1 Å². The van der Waals surface area contributed by atoms with Gasteiger partial charge < -0.3 is 0 Å². The molecule has 0 radical (unpaired) electrons. The van der Waals surface area contributed by atoms with Gasteiger partial charge in [0, 0.05) is 0 Å². The summed E-state index contributed by atoms with van der Waals surface area (Å²) in [5, 5.41) is 8.29. The summed E-state index contributed by atoms with van der Waals surface area (Å²) in [4.78, 5) is 0. The molecule has 0 unspecified atom stereocenters. The lowest BCUT2D eigenvalue weighted by Crippen LogP contribution is -1.66. The summed E-state index contributed by atoms with van der Waals surface area (Å²) in [6, 6.07) is 11.2. The van der Waals surface area contributed by atoms with Gasteiger partial charge in [-0.3, -0.25) is 0 Å². The maximum Gasteiger partial charge on any atom is 1.00 e. The molecule has 1 rings (SSSR count). The first-order valence-corrected chi connectivity index (χ1v) is 2.38. The normalized spacial score (nSPS) is 7.88. The summed E-state index contributed by atoms with van der Waals surface area (Å²) in [6.07, 6.45) is 0. The van der Waals surface area contributed by atoms with Crippen molar-refractivity contribution in [1.82, 2.24) is 0 Å². The van der Waals surface area contributed by atoms with Crippen LogP contribution in [0.5, 0.6) is 0 Å². The average molecular weight is 104 g/mol. The van der Waals surface area contributed by atoms with Crippen LogP contribution in [0.25, 0.3) is 0 Å². The van der Waals surface area contributed by atoms with Crippen LogP contribution in [-0.2, 0) is 0 Å². The third-order valence-corrected chi connectivity index (χ3v) is 0.903. The first-order valence-electron chi connectivity index (χ1n) is 2.38. The maximum absolute atomic E-state index is 8.29. The van der Waals surface area contributed by atoms with Crippen molar-refractivity contribution in [2.45, 2.75) is 0 Å². The molecule has 0 saturated heterocycles. The van der Waals surface area contributed by atoms with Crippen LogP contribution >= 0.6 is 0 Å². The summed E-state index contributed by atoms with van der Waals surface area (Å²) in [5.74, 6) is 0. The molecule has 0 spiro atoms. The Kier molecular flexibility index (Phi) is 1.29. The molecule has 0 atom stereocenters. The minimum Gasteiger partial charge on any atom is -0.192 e. The molecule has 38 valence electrons. The van der Waals surface area contributed by atoms with Crippen molar-refractivity contribution in [1.29, 1.82) is 5.26 Å². The summed E-state index contributed by atoms with van der Waals surface area (Å²) < 4.78 is 0. The van der Waals surface area contributed by atoms with Crippen molar-refractivity contribution in [3.05, 3.63) is 35.9 Å². The molecule has 0 heterocycles. The van der Waals surface area contributed by atoms with Crippen molar-refractivity contribution in [2.75, 3.05) is 0 Å². The largest absolute Gasteiger partial charge is 1.00 e. The van der Waals surface area contributed by atoms with Gasteiger partial charge in [0.25, 0.3) is 0 Å². The van der Waals surface area contributed by atoms with Gasteiger partial charge in [-0.15, -0.1) is 0 Å². The summed E-state index contributed by atoms with van der Waals surface area (Å²) in [7, 11) is 0. The van der Waals surface area contributed by atoms with Gasteiger partial charge in [0.15, 0.2) is 0 Å². The van der Waals surface area contributed by atoms with E-state index in [0.717, 1.165) is 0 Å². The van der Waals surface area contributed by atoms with E-state index in [4.69, 9.17) is 5.26 Å². The van der Waals surface area contributed by atoms with Gasteiger partial charge in [0.1, 0.15) is 0 Å². The summed E-state index contributed by atoms with van der Waals surface area (Å²) in [6.45, 7) is 0. The van der Waals surface area contributed by atoms with Crippen molar-refractivity contribution in [2.24, 2.45) is 0 Å². The van der Waals surface area contributed by atoms with Gasteiger partial charge >= 0.3 is 1.43 Å². The molecule has 0 aliphatic rings. The Labute approximate surface area is 49.7 Å². The lowest BCUT2D eigenvalue weighted by atomic mass is 10.2. The van der Waals surface area contributed by atoms with Crippen LogP contribution in [0.3, 0.4) is 0 Å². The minimum absolute atomic E-state index is 0. The Hall–Kier alpha value is -1.29. The average Bonchev–Trinajstić information content (AvgIpc) is 1.90. The van der Waals surface area contributed by atoms with E-state index in [-0.39, 0.29) is 1.43 Å². The molecular formula is C7H6N+. The van der Waals surface area contributed by atoms with Crippen LogP contribution < -0.4 is 0 Å². The first kappa shape index (κ1) is 4.86. The number of benzene rings is 1. The van der Waals surface area contributed by atoms with Gasteiger partial charge in [0.05, 0.1) is 11.6 Å². The van der Waals surface area contributed by atoms with E-state index < -0.39 is 0 Å². The van der Waals surface area contributed by atoms with E-state index in [9.17, 15) is 0 Å². The lowest BCUT2D eigenvalue weighted by molar-refractivity contribution is 1.49. The third-order valence-electron chi connectivity index (χ3n) is 0.903. The minimum atomic E-state index is 0. The number of rotatable bonds is 0. The molecule has 0 aromatic heterocycles. The molecule has 0 saturated carbocycles. The fourth-order valence-electron chi connectivity index (χ4n) is 0.513. The second-order valence-electron chi connectivity index (χ2n) is 1.48. The molecule has 0 fully saturated rings. The van der Waals surface area contributed by atoms with Crippen LogP contribution in [-0.4, -0.2) is 0 Å². The highest BCUT2D eigenvalue weighted by Crippen LogP contribution is 1.92. The van der Waals surface area contributed by atoms with Gasteiger partial charge in [-0.1, -0.05) is 18.2 Å². The zero-order chi connectivity index (χ0) is 5.82. The molecule has 1 aromatic rings. The standard InChI is InChI=1S/C7H5N/c8-6-7-4-2-1-3-5-7/h1-5H/p+1. The summed E-state index contributed by atoms with van der Waals surface area (Å²) in [5.41, 5.74) is 0.715. The molecule has 1 aromatic carbocycles. The molecular weight excluding hydrogens is 98.1 g/mol. The van der Waals surface area contributed by atoms with E-state index in [2.05, 4.69) is 0 Å². The lowest BCUT2D eigenvalue weighted by Gasteiger charge is -1.80. The number of hydrogen-bond acceptors (Lipinski definition) is 1. The molecule has 0 aliphatic heterocycles. The fourth-order valence-corrected chi connectivity index (χ4v) is 0.513. The Bertz CT molecular complexity index is 200. The Balaban J connectivity index is 0.000000640. The molecule has 8 heavy (non-hydrogen) atoms. The second kappa shape index (κ2) is 2.13. The smallest absolute Gasteiger partial charge is 0.192 e. The molecule has 0 bridgehead atoms. The van der Waals surface area contributed by atoms with E-state index in [0.29, 0.717) is 5.56 Å². The second-order valence-corrected chi connectivity index (χ2v) is 1.48. The molecule has 0 aliphatic carbocycles. The zero-order valence-electron chi connectivity index (χ0n) is 5.33. The first-order chi connectivity index (χ1) is 3.93. The van der Waals surface area contributed by atoms with Crippen LogP contribution in [0.1, 0.15) is 6.99 Å². The van der Waals surface area contributed by atoms with Crippen molar-refractivity contribution >= 4 is 0 Å². The quantitative estimate of drug-likeness (QED) is 0.491. The van der Waals surface area contributed by atoms with Gasteiger partial charge in [-0.05, 0) is 12.1 Å². The van der Waals surface area contributed by atoms with Crippen LogP contribution in [0.2, 0.25) is 0 Å². The van der Waals surface area contributed by atoms with Crippen LogP contribution in [0.15, 0.2) is 30.3 Å². The van der Waals surface area contributed by atoms with Gasteiger partial charge in [-0.25, -0.2) is 0 Å². The van der Waals surface area contributed by atoms with Gasteiger partial charge in [0.2, 0.25) is 0 Å². The summed E-state index contributed by atoms with van der Waals surface area (Å²) >= 11 is 0. The van der Waals surface area contributed by atoms with Crippen molar-refractivity contribution in [3.63, 3.8) is 0 Å². The van der Waals surface area contributed by atoms with E-state index in [1.807, 2.05) is 24.3 Å². The molecule has 1 nitrogen and oxygen atoms in total. The monoisotopic (exact) mass is 104 g/mol. The van der Waals surface area contributed by atoms with Crippen LogP contribution in [0.4, 0.5) is 0 Å². The maximum atomic E-state index is 8.29. The van der Waals surface area contributed by atoms with Gasteiger partial charge in [-0.2, -0.15) is 5.26 Å². The number of nitriles is 1. The Morgan fingerprint density at radius 1 is 1.25 bits per heavy atom. The number of hydrogen-bond donors (Lipinski definition) is 0. The Morgan fingerprint density at radius 2 is 1.88 bits per heavy atom. The Morgan fingerprint density at radius 3 is 2.25 bits per heavy atom. The van der Waals surface area contributed by atoms with Crippen molar-refractivity contribution < 1.29 is 1.43 Å². The molecule has 0 N–H and O–H groups in total. The zero-order valence-corrected chi connectivity index (χ0v) is 4.33. The third kappa shape index (κ3) is 0.855. The highest BCUT2D eigenvalue weighted by molar-refractivity contribution is 5.27. The molecule has 0 amide bonds. The van der Waals surface area contributed by atoms with Crippen LogP contribution in [0, 0.1) is 11.3 Å². The topological polar surface area (TPSA) is 23.8 Å². The van der Waals surface area contributed by atoms with E-state index >= 15 is 0 Å². The highest BCUT2D eigenvalue weighted by Gasteiger charge is 1.79. The number of nitrogens with zero attached hydrogens (tertiary/aromatic N) is 1. The van der Waals surface area contributed by atoms with Crippen molar-refractivity contribution in [3.8, 4) is 6.07 Å². The predicted octanol–water partition coefficient (Wildman–Crippen LogP) is 1.67. The van der Waals surface area contributed by atoms with E-state index in [1.165, 1.54) is 0 Å².